The number of alkyl halides is 3. The highest BCUT2D eigenvalue weighted by Crippen LogP contribution is 2.38. The Bertz CT molecular complexity index is 618. The van der Waals surface area contributed by atoms with E-state index in [4.69, 9.17) is 10.3 Å². The third kappa shape index (κ3) is 2.58. The lowest BCUT2D eigenvalue weighted by Crippen LogP contribution is -2.28. The molecule has 0 aliphatic carbocycles. The maximum absolute atomic E-state index is 12.6. The predicted octanol–water partition coefficient (Wildman–Crippen LogP) is 3.23. The van der Waals surface area contributed by atoms with Crippen LogP contribution in [0.2, 0.25) is 0 Å². The van der Waals surface area contributed by atoms with Crippen molar-refractivity contribution >= 4 is 11.3 Å². The van der Waals surface area contributed by atoms with Crippen LogP contribution in [0.1, 0.15) is 38.6 Å². The van der Waals surface area contributed by atoms with Gasteiger partial charge in [0.15, 0.2) is 5.01 Å². The van der Waals surface area contributed by atoms with Crippen LogP contribution in [0, 0.1) is 20.8 Å². The summed E-state index contributed by atoms with van der Waals surface area (Å²) in [4.78, 5) is 3.81. The Morgan fingerprint density at radius 3 is 2.35 bits per heavy atom. The summed E-state index contributed by atoms with van der Waals surface area (Å²) in [6.07, 6.45) is -3.25. The number of hydrogen-bond acceptors (Lipinski definition) is 5. The average Bonchev–Trinajstić information content (AvgIpc) is 2.91. The van der Waals surface area contributed by atoms with Crippen LogP contribution in [0.3, 0.4) is 0 Å². The number of rotatable bonds is 3. The summed E-state index contributed by atoms with van der Waals surface area (Å²) in [7, 11) is 0. The molecule has 0 radical (unpaired) electrons. The van der Waals surface area contributed by atoms with Crippen LogP contribution in [0.5, 0.6) is 0 Å². The van der Waals surface area contributed by atoms with Gasteiger partial charge in [0.1, 0.15) is 11.5 Å². The first-order valence-corrected chi connectivity index (χ1v) is 6.63. The predicted molar refractivity (Wildman–Crippen MR) is 69.2 cm³/mol. The Morgan fingerprint density at radius 2 is 1.95 bits per heavy atom. The van der Waals surface area contributed by atoms with Crippen molar-refractivity contribution in [2.24, 2.45) is 5.84 Å². The Kier molecular flexibility index (Phi) is 3.90. The van der Waals surface area contributed by atoms with E-state index in [9.17, 15) is 13.2 Å². The first-order chi connectivity index (χ1) is 9.25. The summed E-state index contributed by atoms with van der Waals surface area (Å²) >= 11 is 0.574. The summed E-state index contributed by atoms with van der Waals surface area (Å²) < 4.78 is 43.3. The molecule has 2 rings (SSSR count). The molecule has 0 bridgehead atoms. The zero-order chi connectivity index (χ0) is 15.1. The van der Waals surface area contributed by atoms with Gasteiger partial charge in [-0.05, 0) is 26.3 Å². The lowest BCUT2D eigenvalue weighted by molar-refractivity contribution is -0.137. The molecule has 0 aromatic carbocycles. The molecule has 0 saturated heterocycles. The van der Waals surface area contributed by atoms with E-state index in [0.717, 1.165) is 16.9 Å². The van der Waals surface area contributed by atoms with Crippen molar-refractivity contribution in [1.82, 2.24) is 10.4 Å². The fraction of sp³-hybridized carbons (Fsp3) is 0.417. The van der Waals surface area contributed by atoms with Crippen LogP contribution in [0.25, 0.3) is 0 Å². The van der Waals surface area contributed by atoms with Crippen LogP contribution < -0.4 is 11.3 Å². The summed E-state index contributed by atoms with van der Waals surface area (Å²) in [5, 5.41) is -0.886. The normalized spacial score (nSPS) is 13.8. The molecule has 0 aliphatic rings. The number of furan rings is 1. The van der Waals surface area contributed by atoms with Gasteiger partial charge in [-0.3, -0.25) is 5.84 Å². The summed E-state index contributed by atoms with van der Waals surface area (Å²) in [5.74, 6) is 6.86. The molecule has 0 aliphatic heterocycles. The van der Waals surface area contributed by atoms with E-state index in [-0.39, 0.29) is 0 Å². The van der Waals surface area contributed by atoms with Gasteiger partial charge in [-0.25, -0.2) is 10.4 Å². The number of aryl methyl sites for hydroxylation is 2. The highest BCUT2D eigenvalue weighted by Gasteiger charge is 2.36. The maximum Gasteiger partial charge on any atom is 0.443 e. The molecule has 4 nitrogen and oxygen atoms in total. The van der Waals surface area contributed by atoms with Gasteiger partial charge in [0.2, 0.25) is 0 Å². The lowest BCUT2D eigenvalue weighted by atomic mass is 10.0. The van der Waals surface area contributed by atoms with Gasteiger partial charge in [0.25, 0.3) is 0 Å². The van der Waals surface area contributed by atoms with E-state index in [2.05, 4.69) is 10.4 Å². The third-order valence-corrected chi connectivity index (χ3v) is 4.23. The fourth-order valence-electron chi connectivity index (χ4n) is 2.09. The quantitative estimate of drug-likeness (QED) is 0.675. The lowest BCUT2D eigenvalue weighted by Gasteiger charge is -2.14. The van der Waals surface area contributed by atoms with Crippen molar-refractivity contribution in [1.29, 1.82) is 0 Å². The molecule has 0 amide bonds. The molecule has 0 spiro atoms. The molecular formula is C12H14F3N3OS. The van der Waals surface area contributed by atoms with Crippen molar-refractivity contribution in [2.75, 3.05) is 0 Å². The van der Waals surface area contributed by atoms with E-state index in [0.29, 0.717) is 22.0 Å². The summed E-state index contributed by atoms with van der Waals surface area (Å²) in [6, 6.07) is -0.568. The second-order valence-electron chi connectivity index (χ2n) is 4.42. The minimum Gasteiger partial charge on any atom is -0.466 e. The Hall–Kier alpha value is -1.38. The maximum atomic E-state index is 12.6. The molecule has 2 aromatic rings. The number of aromatic nitrogens is 1. The first kappa shape index (κ1) is 15.0. The van der Waals surface area contributed by atoms with E-state index in [1.165, 1.54) is 6.20 Å². The van der Waals surface area contributed by atoms with Gasteiger partial charge >= 0.3 is 6.18 Å². The number of thiazole rings is 1. The molecule has 0 saturated carbocycles. The minimum atomic E-state index is -4.45. The molecule has 1 unspecified atom stereocenters. The van der Waals surface area contributed by atoms with E-state index < -0.39 is 17.2 Å². The van der Waals surface area contributed by atoms with E-state index >= 15 is 0 Å². The van der Waals surface area contributed by atoms with Gasteiger partial charge in [0, 0.05) is 16.6 Å². The average molecular weight is 305 g/mol. The number of nitrogens with zero attached hydrogens (tertiary/aromatic N) is 1. The van der Waals surface area contributed by atoms with Crippen LogP contribution >= 0.6 is 11.3 Å². The number of halogens is 3. The van der Waals surface area contributed by atoms with Crippen LogP contribution in [0.4, 0.5) is 13.2 Å². The molecule has 0 fully saturated rings. The van der Waals surface area contributed by atoms with Gasteiger partial charge in [-0.15, -0.1) is 11.3 Å². The van der Waals surface area contributed by atoms with E-state index in [1.54, 1.807) is 13.8 Å². The molecule has 20 heavy (non-hydrogen) atoms. The zero-order valence-electron chi connectivity index (χ0n) is 11.1. The number of nitrogens with one attached hydrogen (secondary N) is 1. The minimum absolute atomic E-state index is 0.395. The second kappa shape index (κ2) is 5.19. The third-order valence-electron chi connectivity index (χ3n) is 3.12. The molecule has 110 valence electrons. The van der Waals surface area contributed by atoms with Gasteiger partial charge in [0.05, 0.1) is 6.04 Å². The Balaban J connectivity index is 2.45. The summed E-state index contributed by atoms with van der Waals surface area (Å²) in [6.45, 7) is 5.40. The molecule has 8 heteroatoms. The van der Waals surface area contributed by atoms with Gasteiger partial charge in [-0.2, -0.15) is 13.2 Å². The van der Waals surface area contributed by atoms with Crippen LogP contribution in [0.15, 0.2) is 10.6 Å². The number of nitrogens with two attached hydrogens (primary N) is 1. The largest absolute Gasteiger partial charge is 0.466 e. The monoisotopic (exact) mass is 305 g/mol. The van der Waals surface area contributed by atoms with E-state index in [1.807, 2.05) is 6.92 Å². The highest BCUT2D eigenvalue weighted by atomic mass is 32.1. The van der Waals surface area contributed by atoms with Gasteiger partial charge < -0.3 is 4.42 Å². The molecule has 1 atom stereocenters. The van der Waals surface area contributed by atoms with Crippen molar-refractivity contribution in [2.45, 2.75) is 33.0 Å². The number of hydrazine groups is 1. The molecular weight excluding hydrogens is 291 g/mol. The standard InChI is InChI=1S/C12H14F3N3OS/c1-5-6(2)19-7(3)9(5)10(18-16)8-4-17-11(20-8)12(13,14)15/h4,10,18H,16H2,1-3H3. The van der Waals surface area contributed by atoms with Crippen molar-refractivity contribution in [3.05, 3.63) is 38.7 Å². The van der Waals surface area contributed by atoms with Gasteiger partial charge in [-0.1, -0.05) is 0 Å². The Morgan fingerprint density at radius 1 is 1.30 bits per heavy atom. The van der Waals surface area contributed by atoms with Crippen molar-refractivity contribution in [3.63, 3.8) is 0 Å². The summed E-state index contributed by atoms with van der Waals surface area (Å²) in [5.41, 5.74) is 4.16. The smallest absolute Gasteiger partial charge is 0.443 e. The van der Waals surface area contributed by atoms with Crippen LogP contribution in [-0.4, -0.2) is 4.98 Å². The molecule has 2 heterocycles. The Labute approximate surface area is 117 Å². The topological polar surface area (TPSA) is 64.1 Å². The van der Waals surface area contributed by atoms with Crippen molar-refractivity contribution < 1.29 is 17.6 Å². The van der Waals surface area contributed by atoms with Crippen LogP contribution in [-0.2, 0) is 6.18 Å². The molecule has 3 N–H and O–H groups in total. The SMILES string of the molecule is Cc1oc(C)c(C(NN)c2cnc(C(F)(F)F)s2)c1C. The number of hydrogen-bond donors (Lipinski definition) is 2. The highest BCUT2D eigenvalue weighted by molar-refractivity contribution is 7.11. The second-order valence-corrected chi connectivity index (χ2v) is 5.48. The first-order valence-electron chi connectivity index (χ1n) is 5.81. The zero-order valence-corrected chi connectivity index (χ0v) is 11.9. The fourth-order valence-corrected chi connectivity index (χ4v) is 2.95. The molecule has 2 aromatic heterocycles. The van der Waals surface area contributed by atoms with Crippen molar-refractivity contribution in [3.8, 4) is 0 Å².